The van der Waals surface area contributed by atoms with Crippen LogP contribution in [0.2, 0.25) is 0 Å². The molecule has 0 radical (unpaired) electrons. The molecule has 0 spiro atoms. The molecule has 41 nitrogen and oxygen atoms in total. The van der Waals surface area contributed by atoms with Crippen LogP contribution < -0.4 is 110 Å². The number of carbonyl (C=O) groups is 15. The molecule has 2 aromatic carbocycles. The van der Waals surface area contributed by atoms with E-state index in [0.717, 1.165) is 23.5 Å². The second-order valence-electron chi connectivity index (χ2n) is 30.3. The number of likely N-dealkylation sites (tertiary alicyclic amines) is 1. The number of ketones is 1. The van der Waals surface area contributed by atoms with E-state index < -0.39 is 174 Å². The van der Waals surface area contributed by atoms with Crippen molar-refractivity contribution in [1.82, 2.24) is 68.7 Å². The number of nitrogens with two attached hydrogens (primary N) is 8. The van der Waals surface area contributed by atoms with Gasteiger partial charge < -0.3 is 125 Å². The van der Waals surface area contributed by atoms with Crippen molar-refractivity contribution in [2.75, 3.05) is 75.4 Å². The number of phenolic OH excluding ortho intramolecular Hbond substituents is 1. The number of Topliss-reactive ketones (excluding diaryl/α,β-unsaturated/α-hetero) is 1. The molecule has 4 rings (SSSR count). The Morgan fingerprint density at radius 1 is 0.512 bits per heavy atom. The number of aromatic hydroxyl groups is 1. The van der Waals surface area contributed by atoms with Crippen LogP contribution >= 0.6 is 23.5 Å². The van der Waals surface area contributed by atoms with Crippen molar-refractivity contribution in [2.45, 2.75) is 216 Å². The molecule has 2 aliphatic heterocycles. The summed E-state index contributed by atoms with van der Waals surface area (Å²) in [4.78, 5) is 227. The van der Waals surface area contributed by atoms with Crippen molar-refractivity contribution in [3.05, 3.63) is 65.7 Å². The van der Waals surface area contributed by atoms with Gasteiger partial charge in [0.15, 0.2) is 23.7 Å². The number of rotatable bonds is 38. The first-order chi connectivity index (χ1) is 57.6. The van der Waals surface area contributed by atoms with Gasteiger partial charge in [-0.2, -0.15) is 23.5 Å². The van der Waals surface area contributed by atoms with E-state index in [1.54, 1.807) is 58.0 Å². The number of aliphatic imine (C=N–C) groups is 3. The van der Waals surface area contributed by atoms with Crippen molar-refractivity contribution in [3.63, 3.8) is 0 Å². The summed E-state index contributed by atoms with van der Waals surface area (Å²) in [6.45, 7) is 6.03. The molecule has 672 valence electrons. The summed E-state index contributed by atoms with van der Waals surface area (Å²) in [6, 6.07) is -1.19. The van der Waals surface area contributed by atoms with E-state index in [1.165, 1.54) is 29.2 Å². The van der Waals surface area contributed by atoms with Gasteiger partial charge in [-0.3, -0.25) is 82.1 Å². The molecule has 0 bridgehead atoms. The van der Waals surface area contributed by atoms with E-state index in [1.807, 2.05) is 0 Å². The Morgan fingerprint density at radius 3 is 1.59 bits per heavy atom. The number of amides is 13. The SMILES string of the molecule is CC(C)C[C@H](NC(=O)[C@H](CCCCN)NC(=O)[C@@H]1CCCN1C(=O)[C@H](CCCN=C(N)N)NC(=O)[C@@H]1CSCC(=O)CSCCC(=O)N[C@@H](Cc2ccc(O)cc2)C(=O)NCC(=O)NCC(=O)N[C@@H](Cc2ccccc2)C(=O)N[C@@H](CC(C)C)C(=O)N[C@@H](CCCN=C(N)N)C(=O)N[C@@H](CCCN=C(N)N)C(=O)N1)C(=O)N[C@@H](CCCCN)C(=O)O. The Hall–Kier alpha value is -11.1. The summed E-state index contributed by atoms with van der Waals surface area (Å²) in [5.74, 6) is -14.9. The van der Waals surface area contributed by atoms with Gasteiger partial charge >= 0.3 is 5.97 Å². The largest absolute Gasteiger partial charge is 0.508 e. The van der Waals surface area contributed by atoms with Gasteiger partial charge in [-0.25, -0.2) is 4.79 Å². The predicted molar refractivity (Wildman–Crippen MR) is 458 cm³/mol. The van der Waals surface area contributed by atoms with Crippen LogP contribution in [-0.4, -0.2) is 263 Å². The van der Waals surface area contributed by atoms with Gasteiger partial charge in [0, 0.05) is 56.9 Å². The predicted octanol–water partition coefficient (Wildman–Crippen LogP) is -4.72. The summed E-state index contributed by atoms with van der Waals surface area (Å²) in [7, 11) is 0. The highest BCUT2D eigenvalue weighted by molar-refractivity contribution is 8.01. The molecule has 2 aromatic rings. The van der Waals surface area contributed by atoms with Gasteiger partial charge in [0.2, 0.25) is 76.8 Å². The number of nitrogens with one attached hydrogen (secondary N) is 12. The molecule has 121 heavy (non-hydrogen) atoms. The zero-order valence-corrected chi connectivity index (χ0v) is 71.0. The number of guanidine groups is 3. The fourth-order valence-electron chi connectivity index (χ4n) is 12.9. The average Bonchev–Trinajstić information content (AvgIpc) is 1.72. The van der Waals surface area contributed by atoms with Crippen LogP contribution in [0.4, 0.5) is 0 Å². The quantitative estimate of drug-likeness (QED) is 0.0171. The molecule has 2 saturated heterocycles. The Kier molecular flexibility index (Phi) is 47.1. The van der Waals surface area contributed by atoms with Gasteiger partial charge in [-0.15, -0.1) is 0 Å². The normalized spacial score (nSPS) is 20.3. The van der Waals surface area contributed by atoms with Gasteiger partial charge in [-0.05, 0) is 151 Å². The van der Waals surface area contributed by atoms with Crippen molar-refractivity contribution < 1.29 is 82.1 Å². The molecular formula is C78H126N24O17S2. The van der Waals surface area contributed by atoms with Gasteiger partial charge in [-0.1, -0.05) is 70.2 Å². The lowest BCUT2D eigenvalue weighted by molar-refractivity contribution is -0.143. The number of benzene rings is 2. The number of carboxylic acids is 1. The second-order valence-corrected chi connectivity index (χ2v) is 32.5. The number of nitrogens with zero attached hydrogens (tertiary/aromatic N) is 4. The number of phenols is 1. The highest BCUT2D eigenvalue weighted by Gasteiger charge is 2.41. The average molecular weight is 1740 g/mol. The van der Waals surface area contributed by atoms with E-state index in [2.05, 4.69) is 78.8 Å². The van der Waals surface area contributed by atoms with E-state index in [9.17, 15) is 63.0 Å². The Labute approximate surface area is 713 Å². The smallest absolute Gasteiger partial charge is 0.326 e. The number of unbranched alkanes of at least 4 members (excludes halogenated alkanes) is 2. The fraction of sp³-hybridized carbons (Fsp3) is 0.615. The molecule has 0 aliphatic carbocycles. The molecule has 0 unspecified atom stereocenters. The number of aliphatic carboxylic acids is 1. The van der Waals surface area contributed by atoms with Crippen molar-refractivity contribution in [3.8, 4) is 5.75 Å². The molecule has 30 N–H and O–H groups in total. The van der Waals surface area contributed by atoms with Crippen LogP contribution in [0.3, 0.4) is 0 Å². The Bertz CT molecular complexity index is 3830. The maximum Gasteiger partial charge on any atom is 0.326 e. The first-order valence-electron chi connectivity index (χ1n) is 40.7. The van der Waals surface area contributed by atoms with Crippen LogP contribution in [0.5, 0.6) is 5.75 Å². The summed E-state index contributed by atoms with van der Waals surface area (Å²) in [6.07, 6.45) is 1.12. The lowest BCUT2D eigenvalue weighted by atomic mass is 10.00. The summed E-state index contributed by atoms with van der Waals surface area (Å²) < 4.78 is 0. The van der Waals surface area contributed by atoms with Crippen LogP contribution in [0.15, 0.2) is 69.6 Å². The Morgan fingerprint density at radius 2 is 1.01 bits per heavy atom. The van der Waals surface area contributed by atoms with E-state index in [4.69, 9.17) is 45.9 Å². The number of hydrogen-bond acceptors (Lipinski definition) is 23. The van der Waals surface area contributed by atoms with Gasteiger partial charge in [0.05, 0.1) is 24.6 Å². The molecule has 13 amide bonds. The summed E-state index contributed by atoms with van der Waals surface area (Å²) in [5, 5.41) is 51.7. The first kappa shape index (κ1) is 102. The van der Waals surface area contributed by atoms with Gasteiger partial charge in [0.1, 0.15) is 72.2 Å². The van der Waals surface area contributed by atoms with Crippen LogP contribution in [0.25, 0.3) is 0 Å². The maximum absolute atomic E-state index is 15.3. The molecular weight excluding hydrogens is 1610 g/mol. The second kappa shape index (κ2) is 55.7. The van der Waals surface area contributed by atoms with Crippen molar-refractivity contribution >= 4 is 130 Å². The topological polar surface area (TPSA) is 689 Å². The Balaban J connectivity index is 1.83. The standard InChI is InChI=1S/C78H126N24O17S2/c1-45(2)36-56-69(112)95-52(20-12-31-87-76(81)82)66(109)94-53(21-13-32-88-77(83)84)68(111)101-60(44-121-43-50(104)42-120-35-28-62(105)92-58(39-48-24-26-49(103)27-25-48)65(108)91-40-63(106)90-41-64(107)93-59(71(114)100-56)38-47-16-6-5-7-17-47)72(115)97-54(22-14-33-89-78(85)86)74(117)102-34-15-23-61(102)73(116)96-51(18-8-10-29-79)67(110)99-57(37-46(3)4)70(113)98-55(75(118)119)19-9-11-30-80/h5-7,16-17,24-27,45-46,51-61,103H,8-15,18-23,28-44,79-80H2,1-4H3,(H,90,106)(H,91,108)(H,92,105)(H,93,107)(H,94,109)(H,95,112)(H,96,116)(H,97,115)(H,98,113)(H,99,110)(H,100,114)(H,101,111)(H,118,119)(H4,81,82,87)(H4,83,84,88)(H4,85,86,89)/t51-,52-,53-,54-,55-,56-,57-,58-,59-,60-,61-/m0/s1. The van der Waals surface area contributed by atoms with Gasteiger partial charge in [0.25, 0.3) is 0 Å². The third-order valence-electron chi connectivity index (χ3n) is 19.1. The molecule has 2 fully saturated rings. The van der Waals surface area contributed by atoms with Crippen LogP contribution in [0, 0.1) is 11.8 Å². The van der Waals surface area contributed by atoms with E-state index >= 15 is 19.2 Å². The van der Waals surface area contributed by atoms with E-state index in [-0.39, 0.29) is 182 Å². The minimum atomic E-state index is -1.67. The zero-order valence-electron chi connectivity index (χ0n) is 69.4. The van der Waals surface area contributed by atoms with Crippen LogP contribution in [0.1, 0.15) is 148 Å². The third kappa shape index (κ3) is 40.7. The zero-order chi connectivity index (χ0) is 89.5. The molecule has 0 saturated carbocycles. The van der Waals surface area contributed by atoms with E-state index in [0.29, 0.717) is 43.4 Å². The number of carbonyl (C=O) groups excluding carboxylic acids is 14. The third-order valence-corrected chi connectivity index (χ3v) is 21.2. The fourth-order valence-corrected chi connectivity index (χ4v) is 14.8. The van der Waals surface area contributed by atoms with Crippen LogP contribution in [-0.2, 0) is 84.8 Å². The highest BCUT2D eigenvalue weighted by Crippen LogP contribution is 2.23. The minimum absolute atomic E-state index is 0.000372. The summed E-state index contributed by atoms with van der Waals surface area (Å²) in [5.41, 5.74) is 46.6. The number of hydrogen-bond donors (Lipinski definition) is 22. The molecule has 2 heterocycles. The molecule has 2 aliphatic rings. The first-order valence-corrected chi connectivity index (χ1v) is 43.0. The lowest BCUT2D eigenvalue weighted by Crippen LogP contribution is -2.61. The maximum atomic E-state index is 15.3. The van der Waals surface area contributed by atoms with Crippen molar-refractivity contribution in [2.24, 2.45) is 72.7 Å². The molecule has 11 atom stereocenters. The lowest BCUT2D eigenvalue weighted by Gasteiger charge is -2.31. The monoisotopic (exact) mass is 1730 g/mol. The minimum Gasteiger partial charge on any atom is -0.508 e. The van der Waals surface area contributed by atoms with Crippen molar-refractivity contribution in [1.29, 1.82) is 0 Å². The summed E-state index contributed by atoms with van der Waals surface area (Å²) >= 11 is 1.95. The molecule has 43 heteroatoms. The number of thioether (sulfide) groups is 2. The highest BCUT2D eigenvalue weighted by atomic mass is 32.2. The molecule has 0 aromatic heterocycles. The number of carboxylic acid groups (broad SMARTS) is 1.